The van der Waals surface area contributed by atoms with Gasteiger partial charge in [0.25, 0.3) is 0 Å². The zero-order valence-corrected chi connectivity index (χ0v) is 13.4. The second kappa shape index (κ2) is 7.33. The molecule has 0 bridgehead atoms. The Balaban J connectivity index is 2.92. The molecule has 0 unspecified atom stereocenters. The Morgan fingerprint density at radius 3 is 2.11 bits per heavy atom. The molecule has 110 valence electrons. The Morgan fingerprint density at radius 2 is 1.74 bits per heavy atom. The first kappa shape index (κ1) is 16.6. The van der Waals surface area contributed by atoms with Crippen molar-refractivity contribution < 1.29 is 9.00 Å². The molecular formula is C13H24N2O2S2. The summed E-state index contributed by atoms with van der Waals surface area (Å²) in [5.41, 5.74) is 5.21. The zero-order valence-electron chi connectivity index (χ0n) is 11.8. The van der Waals surface area contributed by atoms with E-state index in [-0.39, 0.29) is 5.91 Å². The van der Waals surface area contributed by atoms with E-state index in [9.17, 15) is 9.00 Å². The van der Waals surface area contributed by atoms with Gasteiger partial charge in [0, 0.05) is 35.4 Å². The van der Waals surface area contributed by atoms with E-state index >= 15 is 0 Å². The van der Waals surface area contributed by atoms with Crippen molar-refractivity contribution in [3.63, 3.8) is 0 Å². The van der Waals surface area contributed by atoms with E-state index < -0.39 is 16.2 Å². The second-order valence-electron chi connectivity index (χ2n) is 5.09. The van der Waals surface area contributed by atoms with Gasteiger partial charge in [0.05, 0.1) is 10.4 Å². The lowest BCUT2D eigenvalue weighted by atomic mass is 9.77. The van der Waals surface area contributed by atoms with Crippen molar-refractivity contribution in [2.45, 2.75) is 39.5 Å². The van der Waals surface area contributed by atoms with Gasteiger partial charge in [-0.15, -0.1) is 0 Å². The molecule has 1 aliphatic rings. The third-order valence-electron chi connectivity index (χ3n) is 3.70. The smallest absolute Gasteiger partial charge is 0.235 e. The molecule has 4 nitrogen and oxygen atoms in total. The fourth-order valence-electron chi connectivity index (χ4n) is 2.69. The van der Waals surface area contributed by atoms with Crippen molar-refractivity contribution in [1.82, 2.24) is 4.90 Å². The summed E-state index contributed by atoms with van der Waals surface area (Å²) < 4.78 is 11.4. The maximum absolute atomic E-state index is 12.8. The summed E-state index contributed by atoms with van der Waals surface area (Å²) in [7, 11) is -0.780. The first-order valence-electron chi connectivity index (χ1n) is 6.92. The molecule has 1 fully saturated rings. The van der Waals surface area contributed by atoms with E-state index in [1.54, 1.807) is 4.90 Å². The van der Waals surface area contributed by atoms with Gasteiger partial charge in [-0.1, -0.05) is 38.9 Å². The summed E-state index contributed by atoms with van der Waals surface area (Å²) in [5, 5.41) is 0. The van der Waals surface area contributed by atoms with Crippen LogP contribution >= 0.6 is 12.2 Å². The molecule has 1 saturated heterocycles. The third kappa shape index (κ3) is 3.75. The number of hydrogen-bond donors (Lipinski definition) is 1. The van der Waals surface area contributed by atoms with Crippen LogP contribution in [-0.4, -0.2) is 44.6 Å². The van der Waals surface area contributed by atoms with Crippen LogP contribution in [0.2, 0.25) is 0 Å². The highest BCUT2D eigenvalue weighted by Crippen LogP contribution is 2.33. The van der Waals surface area contributed by atoms with Crippen molar-refractivity contribution in [1.29, 1.82) is 0 Å². The van der Waals surface area contributed by atoms with Crippen LogP contribution in [0.5, 0.6) is 0 Å². The topological polar surface area (TPSA) is 63.4 Å². The summed E-state index contributed by atoms with van der Waals surface area (Å²) in [6, 6.07) is 0. The fraction of sp³-hybridized carbons (Fsp3) is 0.846. The maximum Gasteiger partial charge on any atom is 0.235 e. The molecular weight excluding hydrogens is 280 g/mol. The van der Waals surface area contributed by atoms with Crippen LogP contribution in [-0.2, 0) is 15.6 Å². The molecule has 0 spiro atoms. The fourth-order valence-corrected chi connectivity index (χ4v) is 4.03. The molecule has 0 aromatic carbocycles. The Bertz CT molecular complexity index is 356. The summed E-state index contributed by atoms with van der Waals surface area (Å²) >= 11 is 5.20. The van der Waals surface area contributed by atoms with Crippen molar-refractivity contribution in [2.75, 3.05) is 24.6 Å². The number of nitrogens with two attached hydrogens (primary N) is 1. The molecule has 1 amide bonds. The van der Waals surface area contributed by atoms with Crippen LogP contribution in [0, 0.1) is 5.41 Å². The van der Waals surface area contributed by atoms with Crippen LogP contribution in [0.1, 0.15) is 39.5 Å². The summed E-state index contributed by atoms with van der Waals surface area (Å²) in [4.78, 5) is 14.9. The van der Waals surface area contributed by atoms with Gasteiger partial charge >= 0.3 is 0 Å². The number of rotatable bonds is 6. The van der Waals surface area contributed by atoms with Gasteiger partial charge in [0.15, 0.2) is 0 Å². The van der Waals surface area contributed by atoms with Crippen molar-refractivity contribution >= 4 is 33.9 Å². The number of thiocarbonyl (C=S) groups is 1. The third-order valence-corrected chi connectivity index (χ3v) is 5.37. The van der Waals surface area contributed by atoms with Gasteiger partial charge in [-0.05, 0) is 12.8 Å². The van der Waals surface area contributed by atoms with Crippen LogP contribution in [0.3, 0.4) is 0 Å². The number of carbonyl (C=O) groups excluding carboxylic acids is 1. The first-order valence-corrected chi connectivity index (χ1v) is 8.81. The molecule has 6 heteroatoms. The molecule has 0 aliphatic carbocycles. The minimum atomic E-state index is -0.780. The summed E-state index contributed by atoms with van der Waals surface area (Å²) in [5.74, 6) is 1.18. The molecule has 0 radical (unpaired) electrons. The highest BCUT2D eigenvalue weighted by atomic mass is 32.2. The molecule has 1 aliphatic heterocycles. The Labute approximate surface area is 123 Å². The standard InChI is InChI=1S/C13H24N2O2S2/c1-3-5-13(6-4-2,11(14)18)12(16)15-7-9-19(17)10-8-15/h3-10H2,1-2H3,(H2,14,18). The van der Waals surface area contributed by atoms with E-state index in [0.717, 1.165) is 12.8 Å². The molecule has 2 N–H and O–H groups in total. The van der Waals surface area contributed by atoms with E-state index in [1.165, 1.54) is 0 Å². The van der Waals surface area contributed by atoms with Crippen LogP contribution in [0.25, 0.3) is 0 Å². The average molecular weight is 304 g/mol. The number of carbonyl (C=O) groups is 1. The quantitative estimate of drug-likeness (QED) is 0.754. The van der Waals surface area contributed by atoms with Crippen molar-refractivity contribution in [3.8, 4) is 0 Å². The van der Waals surface area contributed by atoms with Crippen LogP contribution in [0.4, 0.5) is 0 Å². The molecule has 0 saturated carbocycles. The Morgan fingerprint density at radius 1 is 1.26 bits per heavy atom. The normalized spacial score (nSPS) is 17.5. The number of nitrogens with zero attached hydrogens (tertiary/aromatic N) is 1. The van der Waals surface area contributed by atoms with E-state index in [1.807, 2.05) is 13.8 Å². The number of hydrogen-bond acceptors (Lipinski definition) is 3. The van der Waals surface area contributed by atoms with E-state index in [4.69, 9.17) is 18.0 Å². The van der Waals surface area contributed by atoms with E-state index in [0.29, 0.717) is 42.4 Å². The van der Waals surface area contributed by atoms with Crippen LogP contribution < -0.4 is 5.73 Å². The van der Waals surface area contributed by atoms with Gasteiger partial charge in [-0.2, -0.15) is 0 Å². The minimum Gasteiger partial charge on any atom is -0.392 e. The van der Waals surface area contributed by atoms with Crippen molar-refractivity contribution in [3.05, 3.63) is 0 Å². The number of amides is 1. The molecule has 0 aromatic rings. The van der Waals surface area contributed by atoms with Crippen LogP contribution in [0.15, 0.2) is 0 Å². The predicted molar refractivity (Wildman–Crippen MR) is 83.5 cm³/mol. The summed E-state index contributed by atoms with van der Waals surface area (Å²) in [6.45, 7) is 5.20. The highest BCUT2D eigenvalue weighted by Gasteiger charge is 2.42. The lowest BCUT2D eigenvalue weighted by Crippen LogP contribution is -2.53. The molecule has 1 heterocycles. The zero-order chi connectivity index (χ0) is 14.5. The Kier molecular flexibility index (Phi) is 6.39. The molecule has 0 atom stereocenters. The maximum atomic E-state index is 12.8. The van der Waals surface area contributed by atoms with Crippen molar-refractivity contribution in [2.24, 2.45) is 11.1 Å². The molecule has 1 rings (SSSR count). The summed E-state index contributed by atoms with van der Waals surface area (Å²) in [6.07, 6.45) is 3.16. The van der Waals surface area contributed by atoms with Gasteiger partial charge in [0.1, 0.15) is 0 Å². The van der Waals surface area contributed by atoms with Gasteiger partial charge in [-0.3, -0.25) is 9.00 Å². The predicted octanol–water partition coefficient (Wildman–Crippen LogP) is 1.45. The van der Waals surface area contributed by atoms with Gasteiger partial charge in [0.2, 0.25) is 5.91 Å². The minimum absolute atomic E-state index is 0.0420. The van der Waals surface area contributed by atoms with Gasteiger partial charge in [-0.25, -0.2) is 0 Å². The average Bonchev–Trinajstić information content (AvgIpc) is 2.38. The first-order chi connectivity index (χ1) is 8.97. The molecule has 19 heavy (non-hydrogen) atoms. The SMILES string of the molecule is CCCC(CCC)(C(=O)N1CCS(=O)CC1)C(N)=S. The lowest BCUT2D eigenvalue weighted by Gasteiger charge is -2.38. The largest absolute Gasteiger partial charge is 0.392 e. The molecule has 0 aromatic heterocycles. The van der Waals surface area contributed by atoms with E-state index in [2.05, 4.69) is 0 Å². The Hall–Kier alpha value is -0.490. The second-order valence-corrected chi connectivity index (χ2v) is 7.22. The highest BCUT2D eigenvalue weighted by molar-refractivity contribution is 7.85. The lowest BCUT2D eigenvalue weighted by molar-refractivity contribution is -0.138. The monoisotopic (exact) mass is 304 g/mol. The van der Waals surface area contributed by atoms with Gasteiger partial charge < -0.3 is 10.6 Å².